The summed E-state index contributed by atoms with van der Waals surface area (Å²) in [7, 11) is 0. The summed E-state index contributed by atoms with van der Waals surface area (Å²) in [5.41, 5.74) is 4.37. The minimum atomic E-state index is 0.198. The highest BCUT2D eigenvalue weighted by molar-refractivity contribution is 5.98. The lowest BCUT2D eigenvalue weighted by molar-refractivity contribution is 0.0699. The Morgan fingerprint density at radius 3 is 2.77 bits per heavy atom. The van der Waals surface area contributed by atoms with Gasteiger partial charge in [-0.15, -0.1) is 0 Å². The molecule has 0 aliphatic heterocycles. The number of fused-ring (bicyclic) bond motifs is 1. The number of aryl methyl sites for hydroxylation is 1. The van der Waals surface area contributed by atoms with Crippen LogP contribution in [-0.2, 0) is 6.42 Å². The van der Waals surface area contributed by atoms with Gasteiger partial charge in [0.05, 0.1) is 17.3 Å². The third-order valence-corrected chi connectivity index (χ3v) is 5.21. The van der Waals surface area contributed by atoms with Crippen LogP contribution < -0.4 is 0 Å². The molecule has 4 rings (SSSR count). The third kappa shape index (κ3) is 1.82. The lowest BCUT2D eigenvalue weighted by Crippen LogP contribution is -2.38. The molecule has 0 unspecified atom stereocenters. The first-order chi connectivity index (χ1) is 10.6. The summed E-state index contributed by atoms with van der Waals surface area (Å²) >= 11 is 0. The molecule has 4 heteroatoms. The molecule has 4 nitrogen and oxygen atoms in total. The summed E-state index contributed by atoms with van der Waals surface area (Å²) in [4.78, 5) is 17.2. The quantitative estimate of drug-likeness (QED) is 0.809. The van der Waals surface area contributed by atoms with Gasteiger partial charge in [0.2, 0.25) is 0 Å². The highest BCUT2D eigenvalue weighted by Crippen LogP contribution is 2.50. The number of carbonyl (C=O) groups is 1. The summed E-state index contributed by atoms with van der Waals surface area (Å²) in [6, 6.07) is 7.81. The second-order valence-corrected chi connectivity index (χ2v) is 6.65. The largest absolute Gasteiger partial charge is 0.296 e. The summed E-state index contributed by atoms with van der Waals surface area (Å²) in [6.07, 6.45) is 6.87. The first-order valence-electron chi connectivity index (χ1n) is 7.72. The number of ketones is 1. The van der Waals surface area contributed by atoms with Crippen LogP contribution in [0.4, 0.5) is 0 Å². The van der Waals surface area contributed by atoms with Gasteiger partial charge in [0.1, 0.15) is 12.0 Å². The van der Waals surface area contributed by atoms with E-state index in [1.165, 1.54) is 6.42 Å². The molecule has 1 saturated carbocycles. The van der Waals surface area contributed by atoms with Crippen molar-refractivity contribution in [3.8, 4) is 11.8 Å². The van der Waals surface area contributed by atoms with E-state index in [2.05, 4.69) is 11.1 Å². The maximum Gasteiger partial charge on any atom is 0.182 e. The van der Waals surface area contributed by atoms with E-state index in [1.807, 2.05) is 23.6 Å². The predicted octanol–water partition coefficient (Wildman–Crippen LogP) is 3.35. The van der Waals surface area contributed by atoms with Crippen molar-refractivity contribution < 1.29 is 4.79 Å². The number of carbonyl (C=O) groups excluding carboxylic acids is 1. The number of nitrogens with zero attached hydrogens (tertiary/aromatic N) is 3. The molecule has 0 N–H and O–H groups in total. The summed E-state index contributed by atoms with van der Waals surface area (Å²) < 4.78 is 1.89. The maximum absolute atomic E-state index is 12.6. The Kier molecular flexibility index (Phi) is 2.74. The second-order valence-electron chi connectivity index (χ2n) is 6.65. The van der Waals surface area contributed by atoms with Crippen molar-refractivity contribution in [3.63, 3.8) is 0 Å². The van der Waals surface area contributed by atoms with Gasteiger partial charge in [0.15, 0.2) is 5.78 Å². The van der Waals surface area contributed by atoms with Crippen LogP contribution in [-0.4, -0.2) is 15.3 Å². The van der Waals surface area contributed by atoms with Crippen molar-refractivity contribution in [3.05, 3.63) is 47.0 Å². The molecule has 110 valence electrons. The second kappa shape index (κ2) is 4.54. The molecule has 0 saturated heterocycles. The molecule has 1 aromatic carbocycles. The van der Waals surface area contributed by atoms with Gasteiger partial charge in [-0.1, -0.05) is 6.42 Å². The van der Waals surface area contributed by atoms with Crippen molar-refractivity contribution in [2.45, 2.75) is 39.0 Å². The number of hydrogen-bond acceptors (Lipinski definition) is 3. The van der Waals surface area contributed by atoms with Crippen molar-refractivity contribution in [2.24, 2.45) is 5.41 Å². The average Bonchev–Trinajstić information content (AvgIpc) is 2.89. The fraction of sp³-hybridized carbons (Fsp3) is 0.389. The van der Waals surface area contributed by atoms with Crippen molar-refractivity contribution in [1.82, 2.24) is 9.55 Å². The third-order valence-electron chi connectivity index (χ3n) is 5.21. The van der Waals surface area contributed by atoms with E-state index in [9.17, 15) is 4.79 Å². The zero-order valence-corrected chi connectivity index (χ0v) is 12.6. The fourth-order valence-electron chi connectivity index (χ4n) is 3.80. The lowest BCUT2D eigenvalue weighted by Gasteiger charge is -2.43. The first-order valence-corrected chi connectivity index (χ1v) is 7.72. The van der Waals surface area contributed by atoms with Gasteiger partial charge in [-0.25, -0.2) is 4.98 Å². The molecule has 22 heavy (non-hydrogen) atoms. The minimum absolute atomic E-state index is 0.198. The highest BCUT2D eigenvalue weighted by atomic mass is 16.1. The lowest BCUT2D eigenvalue weighted by atomic mass is 9.61. The molecule has 2 aromatic rings. The van der Waals surface area contributed by atoms with Crippen molar-refractivity contribution >= 4 is 5.78 Å². The SMILES string of the molecule is Cc1cc(-n2cnc3c2C(=O)CC2(CCC2)C3)ccc1C#N. The molecule has 2 aliphatic carbocycles. The summed E-state index contributed by atoms with van der Waals surface area (Å²) in [6.45, 7) is 1.91. The molecular weight excluding hydrogens is 274 g/mol. The molecule has 0 radical (unpaired) electrons. The van der Waals surface area contributed by atoms with Crippen LogP contribution in [0.25, 0.3) is 5.69 Å². The van der Waals surface area contributed by atoms with E-state index >= 15 is 0 Å². The molecule has 2 aliphatic rings. The van der Waals surface area contributed by atoms with Gasteiger partial charge in [-0.05, 0) is 55.4 Å². The van der Waals surface area contributed by atoms with Crippen LogP contribution in [0.3, 0.4) is 0 Å². The smallest absolute Gasteiger partial charge is 0.182 e. The van der Waals surface area contributed by atoms with Gasteiger partial charge in [-0.2, -0.15) is 5.26 Å². The number of hydrogen-bond donors (Lipinski definition) is 0. The van der Waals surface area contributed by atoms with Crippen LogP contribution in [0.1, 0.15) is 53.0 Å². The maximum atomic E-state index is 12.6. The average molecular weight is 291 g/mol. The summed E-state index contributed by atoms with van der Waals surface area (Å²) in [5.74, 6) is 0.209. The van der Waals surface area contributed by atoms with Crippen molar-refractivity contribution in [1.29, 1.82) is 5.26 Å². The summed E-state index contributed by atoms with van der Waals surface area (Å²) in [5, 5.41) is 9.04. The van der Waals surface area contributed by atoms with Crippen LogP contribution in [0.15, 0.2) is 24.5 Å². The highest BCUT2D eigenvalue weighted by Gasteiger charge is 2.44. The number of aromatic nitrogens is 2. The Labute approximate surface area is 129 Å². The molecule has 1 heterocycles. The van der Waals surface area contributed by atoms with Gasteiger partial charge in [0.25, 0.3) is 0 Å². The molecule has 0 amide bonds. The molecule has 1 aromatic heterocycles. The van der Waals surface area contributed by atoms with E-state index < -0.39 is 0 Å². The standard InChI is InChI=1S/C18H17N3O/c1-12-7-14(4-3-13(12)10-19)21-11-20-15-8-18(5-2-6-18)9-16(22)17(15)21/h3-4,7,11H,2,5-6,8-9H2,1H3. The van der Waals surface area contributed by atoms with E-state index in [0.29, 0.717) is 12.0 Å². The number of rotatable bonds is 1. The topological polar surface area (TPSA) is 58.7 Å². The van der Waals surface area contributed by atoms with Crippen LogP contribution >= 0.6 is 0 Å². The molecular formula is C18H17N3O. The molecule has 0 atom stereocenters. The van der Waals surface area contributed by atoms with E-state index in [4.69, 9.17) is 5.26 Å². The first kappa shape index (κ1) is 13.3. The van der Waals surface area contributed by atoms with E-state index in [0.717, 1.165) is 41.9 Å². The normalized spacial score (nSPS) is 18.6. The Bertz CT molecular complexity index is 821. The van der Waals surface area contributed by atoms with Gasteiger partial charge in [-0.3, -0.25) is 9.36 Å². The molecule has 1 spiro atoms. The Hall–Kier alpha value is -2.41. The number of nitriles is 1. The van der Waals surface area contributed by atoms with Gasteiger partial charge >= 0.3 is 0 Å². The number of imidazole rings is 1. The number of Topliss-reactive ketones (excluding diaryl/α,β-unsaturated/α-hetero) is 1. The Morgan fingerprint density at radius 2 is 2.14 bits per heavy atom. The van der Waals surface area contributed by atoms with Crippen molar-refractivity contribution in [2.75, 3.05) is 0 Å². The minimum Gasteiger partial charge on any atom is -0.296 e. The van der Waals surface area contributed by atoms with Gasteiger partial charge in [0, 0.05) is 12.1 Å². The predicted molar refractivity (Wildman–Crippen MR) is 82.0 cm³/mol. The molecule has 1 fully saturated rings. The Morgan fingerprint density at radius 1 is 1.32 bits per heavy atom. The Balaban J connectivity index is 1.78. The zero-order chi connectivity index (χ0) is 15.3. The molecule has 0 bridgehead atoms. The fourth-order valence-corrected chi connectivity index (χ4v) is 3.80. The van der Waals surface area contributed by atoms with E-state index in [1.54, 1.807) is 12.4 Å². The van der Waals surface area contributed by atoms with E-state index in [-0.39, 0.29) is 11.2 Å². The monoisotopic (exact) mass is 291 g/mol. The zero-order valence-electron chi connectivity index (χ0n) is 12.6. The van der Waals surface area contributed by atoms with Crippen LogP contribution in [0.5, 0.6) is 0 Å². The van der Waals surface area contributed by atoms with Crippen LogP contribution in [0, 0.1) is 23.7 Å². The van der Waals surface area contributed by atoms with Crippen LogP contribution in [0.2, 0.25) is 0 Å². The van der Waals surface area contributed by atoms with Gasteiger partial charge < -0.3 is 0 Å². The number of benzene rings is 1.